The number of alkyl halides is 3. The number of halogens is 4. The van der Waals surface area contributed by atoms with E-state index in [9.17, 15) is 27.2 Å². The van der Waals surface area contributed by atoms with Crippen LogP contribution in [0.4, 0.5) is 23.4 Å². The van der Waals surface area contributed by atoms with Crippen molar-refractivity contribution in [2.75, 3.05) is 36.8 Å². The van der Waals surface area contributed by atoms with Gasteiger partial charge in [0.1, 0.15) is 18.1 Å². The van der Waals surface area contributed by atoms with Gasteiger partial charge in [-0.05, 0) is 37.6 Å². The molecule has 1 aliphatic rings. The average Bonchev–Trinajstić information content (AvgIpc) is 3.08. The van der Waals surface area contributed by atoms with E-state index >= 15 is 0 Å². The van der Waals surface area contributed by atoms with E-state index in [4.69, 9.17) is 14.6 Å². The lowest BCUT2D eigenvalue weighted by molar-refractivity contribution is -0.117. The number of aliphatic hydroxyl groups is 1. The highest BCUT2D eigenvalue weighted by Gasteiger charge is 2.36. The van der Waals surface area contributed by atoms with Gasteiger partial charge in [0.25, 0.3) is 0 Å². The Hall–Kier alpha value is -3.19. The third kappa shape index (κ3) is 5.79. The quantitative estimate of drug-likeness (QED) is 0.325. The van der Waals surface area contributed by atoms with Crippen LogP contribution in [0.2, 0.25) is 0 Å². The molecule has 0 saturated carbocycles. The molecule has 1 aliphatic heterocycles. The van der Waals surface area contributed by atoms with Crippen molar-refractivity contribution in [3.8, 4) is 17.0 Å². The Kier molecular flexibility index (Phi) is 7.53. The van der Waals surface area contributed by atoms with Gasteiger partial charge in [0, 0.05) is 18.0 Å². The van der Waals surface area contributed by atoms with Gasteiger partial charge in [-0.3, -0.25) is 14.5 Å². The second-order valence-corrected chi connectivity index (χ2v) is 7.19. The monoisotopic (exact) mass is 474 g/mol. The molecule has 1 saturated heterocycles. The molecule has 33 heavy (non-hydrogen) atoms. The zero-order chi connectivity index (χ0) is 24.2. The molecule has 1 atom stereocenters. The lowest BCUT2D eigenvalue weighted by atomic mass is 10.1. The number of nitrogens with one attached hydrogen (secondary N) is 1. The van der Waals surface area contributed by atoms with Crippen LogP contribution in [0, 0.1) is 5.95 Å². The van der Waals surface area contributed by atoms with Crippen LogP contribution in [0.1, 0.15) is 19.8 Å². The lowest BCUT2D eigenvalue weighted by Gasteiger charge is -2.23. The summed E-state index contributed by atoms with van der Waals surface area (Å²) in [5.74, 6) is -2.28. The molecule has 1 fully saturated rings. The van der Waals surface area contributed by atoms with E-state index in [-0.39, 0.29) is 43.1 Å². The maximum absolute atomic E-state index is 15.0. The van der Waals surface area contributed by atoms with Crippen LogP contribution in [0.25, 0.3) is 11.3 Å². The zero-order valence-electron chi connectivity index (χ0n) is 17.6. The summed E-state index contributed by atoms with van der Waals surface area (Å²) < 4.78 is 64.9. The Bertz CT molecular complexity index is 1040. The topological polar surface area (TPSA) is 106 Å². The highest BCUT2D eigenvalue weighted by Crippen LogP contribution is 2.28. The molecular weight excluding hydrogens is 452 g/mol. The molecule has 1 aromatic heterocycles. The van der Waals surface area contributed by atoms with Gasteiger partial charge in [0.2, 0.25) is 17.7 Å². The number of ether oxygens (including phenoxy) is 2. The van der Waals surface area contributed by atoms with E-state index in [0.29, 0.717) is 12.2 Å². The fraction of sp³-hybridized carbons (Fsp3) is 0.450. The highest BCUT2D eigenvalue weighted by molar-refractivity contribution is 5.95. The molecule has 1 unspecified atom stereocenters. The van der Waals surface area contributed by atoms with Crippen LogP contribution in [-0.4, -0.2) is 59.4 Å². The maximum atomic E-state index is 15.0. The largest absolute Gasteiger partial charge is 0.496 e. The molecule has 0 spiro atoms. The number of rotatable bonds is 9. The second kappa shape index (κ2) is 10.2. The van der Waals surface area contributed by atoms with E-state index in [2.05, 4.69) is 4.98 Å². The van der Waals surface area contributed by atoms with Crippen LogP contribution >= 0.6 is 0 Å². The van der Waals surface area contributed by atoms with Gasteiger partial charge in [0.15, 0.2) is 0 Å². The van der Waals surface area contributed by atoms with Crippen molar-refractivity contribution in [3.63, 3.8) is 0 Å². The van der Waals surface area contributed by atoms with Crippen molar-refractivity contribution in [3.05, 3.63) is 40.6 Å². The normalized spacial score (nSPS) is 16.4. The van der Waals surface area contributed by atoms with Crippen LogP contribution in [0.3, 0.4) is 0 Å². The smallest absolute Gasteiger partial charge is 0.491 e. The van der Waals surface area contributed by atoms with Crippen molar-refractivity contribution in [1.82, 2.24) is 9.66 Å². The molecule has 0 radical (unpaired) electrons. The lowest BCUT2D eigenvalue weighted by Crippen LogP contribution is -2.44. The number of carbonyl (C=O) groups is 1. The number of anilines is 1. The Morgan fingerprint density at radius 2 is 1.88 bits per heavy atom. The van der Waals surface area contributed by atoms with Gasteiger partial charge < -0.3 is 14.6 Å². The van der Waals surface area contributed by atoms with E-state index in [1.807, 2.05) is 0 Å². The Morgan fingerprint density at radius 1 is 1.18 bits per heavy atom. The Balaban J connectivity index is 1.96. The van der Waals surface area contributed by atoms with E-state index in [1.54, 1.807) is 6.92 Å². The SMILES string of the molecule is CC1CCC(=O)N1c1nc(F)c(-c2ccc(OCCOCCO)cc2)n(NC(F)(F)F)c1=O. The summed E-state index contributed by atoms with van der Waals surface area (Å²) >= 11 is 0. The predicted octanol–water partition coefficient (Wildman–Crippen LogP) is 2.02. The van der Waals surface area contributed by atoms with E-state index < -0.39 is 41.3 Å². The Labute approximate surface area is 185 Å². The van der Waals surface area contributed by atoms with Crippen LogP contribution in [-0.2, 0) is 9.53 Å². The van der Waals surface area contributed by atoms with Crippen LogP contribution in [0.5, 0.6) is 5.75 Å². The number of aromatic nitrogens is 2. The summed E-state index contributed by atoms with van der Waals surface area (Å²) in [5, 5.41) is 8.64. The van der Waals surface area contributed by atoms with Gasteiger partial charge in [-0.1, -0.05) is 0 Å². The minimum Gasteiger partial charge on any atom is -0.491 e. The summed E-state index contributed by atoms with van der Waals surface area (Å²) in [6.45, 7) is 1.95. The van der Waals surface area contributed by atoms with Crippen molar-refractivity contribution in [2.45, 2.75) is 32.1 Å². The highest BCUT2D eigenvalue weighted by atomic mass is 19.4. The third-order valence-corrected chi connectivity index (χ3v) is 4.83. The summed E-state index contributed by atoms with van der Waals surface area (Å²) in [7, 11) is 0. The van der Waals surface area contributed by atoms with Gasteiger partial charge in [-0.2, -0.15) is 9.37 Å². The fourth-order valence-corrected chi connectivity index (χ4v) is 3.37. The molecule has 3 rings (SSSR count). The summed E-state index contributed by atoms with van der Waals surface area (Å²) in [5.41, 5.74) is -1.11. The van der Waals surface area contributed by atoms with Crippen LogP contribution in [0.15, 0.2) is 29.1 Å². The standard InChI is InChI=1S/C20H22F4N4O5/c1-12-2-7-15(30)27(12)18-19(31)28(26-20(22,23)24)16(17(21)25-18)13-3-5-14(6-4-13)33-11-10-32-9-8-29/h3-6,12,26,29H,2,7-11H2,1H3. The molecule has 13 heteroatoms. The molecule has 1 aromatic carbocycles. The third-order valence-electron chi connectivity index (χ3n) is 4.83. The first-order valence-corrected chi connectivity index (χ1v) is 10.0. The molecule has 0 aliphatic carbocycles. The van der Waals surface area contributed by atoms with Gasteiger partial charge >= 0.3 is 11.9 Å². The van der Waals surface area contributed by atoms with Gasteiger partial charge in [-0.25, -0.2) is 10.1 Å². The summed E-state index contributed by atoms with van der Waals surface area (Å²) in [4.78, 5) is 29.5. The molecule has 2 aromatic rings. The van der Waals surface area contributed by atoms with Crippen molar-refractivity contribution in [2.24, 2.45) is 0 Å². The van der Waals surface area contributed by atoms with Crippen molar-refractivity contribution in [1.29, 1.82) is 0 Å². The Morgan fingerprint density at radius 3 is 2.45 bits per heavy atom. The van der Waals surface area contributed by atoms with E-state index in [0.717, 1.165) is 10.3 Å². The minimum atomic E-state index is -5.07. The first kappa shape index (κ1) is 24.5. The first-order chi connectivity index (χ1) is 15.6. The number of carbonyl (C=O) groups excluding carboxylic acids is 1. The zero-order valence-corrected chi connectivity index (χ0v) is 17.6. The molecule has 1 amide bonds. The minimum absolute atomic E-state index is 0.00851. The van der Waals surface area contributed by atoms with Gasteiger partial charge in [-0.15, -0.1) is 13.2 Å². The molecular formula is C20H22F4N4O5. The molecule has 0 bridgehead atoms. The number of benzene rings is 1. The van der Waals surface area contributed by atoms with Crippen molar-refractivity contribution < 1.29 is 36.9 Å². The maximum Gasteiger partial charge on any atom is 0.496 e. The summed E-state index contributed by atoms with van der Waals surface area (Å²) in [6.07, 6.45) is -4.63. The number of hydrogen-bond acceptors (Lipinski definition) is 7. The number of amides is 1. The van der Waals surface area contributed by atoms with E-state index in [1.165, 1.54) is 24.3 Å². The molecule has 2 heterocycles. The van der Waals surface area contributed by atoms with Crippen LogP contribution < -0.4 is 20.6 Å². The summed E-state index contributed by atoms with van der Waals surface area (Å²) in [6, 6.07) is 4.77. The second-order valence-electron chi connectivity index (χ2n) is 7.19. The number of hydrogen-bond donors (Lipinski definition) is 2. The first-order valence-electron chi connectivity index (χ1n) is 10.0. The number of aliphatic hydroxyl groups excluding tert-OH is 1. The molecule has 180 valence electrons. The van der Waals surface area contributed by atoms with Crippen molar-refractivity contribution >= 4 is 11.7 Å². The molecule has 2 N–H and O–H groups in total. The average molecular weight is 474 g/mol. The number of nitrogens with zero attached hydrogens (tertiary/aromatic N) is 3. The molecule has 9 nitrogen and oxygen atoms in total. The van der Waals surface area contributed by atoms with Gasteiger partial charge in [0.05, 0.1) is 19.8 Å². The fourth-order valence-electron chi connectivity index (χ4n) is 3.37. The predicted molar refractivity (Wildman–Crippen MR) is 109 cm³/mol.